The van der Waals surface area contributed by atoms with Crippen molar-refractivity contribution >= 4 is 22.3 Å². The van der Waals surface area contributed by atoms with E-state index in [1.165, 1.54) is 38.3 Å². The van der Waals surface area contributed by atoms with Crippen LogP contribution in [0, 0.1) is 16.0 Å². The second-order valence-electron chi connectivity index (χ2n) is 7.28. The van der Waals surface area contributed by atoms with Crippen LogP contribution >= 0.6 is 0 Å². The third kappa shape index (κ3) is 3.29. The molecule has 0 aliphatic carbocycles. The zero-order valence-corrected chi connectivity index (χ0v) is 14.7. The summed E-state index contributed by atoms with van der Waals surface area (Å²) < 4.78 is 0. The van der Waals surface area contributed by atoms with Crippen molar-refractivity contribution in [3.8, 4) is 0 Å². The van der Waals surface area contributed by atoms with Crippen LogP contribution < -0.4 is 10.5 Å². The van der Waals surface area contributed by atoms with E-state index >= 15 is 0 Å². The van der Waals surface area contributed by atoms with Gasteiger partial charge in [-0.05, 0) is 50.8 Å². The summed E-state index contributed by atoms with van der Waals surface area (Å²) in [6.07, 6.45) is 6.01. The van der Waals surface area contributed by atoms with Gasteiger partial charge in [0.25, 0.3) is 11.2 Å². The number of nitro groups is 1. The van der Waals surface area contributed by atoms with Gasteiger partial charge in [-0.3, -0.25) is 14.9 Å². The van der Waals surface area contributed by atoms with Crippen LogP contribution in [0.1, 0.15) is 25.7 Å². The lowest BCUT2D eigenvalue weighted by Gasteiger charge is -2.35. The number of rotatable bonds is 4. The predicted molar refractivity (Wildman–Crippen MR) is 99.6 cm³/mol. The number of nitrogens with zero attached hydrogens (tertiary/aromatic N) is 4. The molecule has 2 aliphatic rings. The van der Waals surface area contributed by atoms with Crippen LogP contribution in [0.2, 0.25) is 0 Å². The molecule has 0 saturated carbocycles. The molecule has 0 spiro atoms. The summed E-state index contributed by atoms with van der Waals surface area (Å²) in [6.45, 7) is 5.15. The average Bonchev–Trinajstić information content (AvgIpc) is 3.15. The summed E-state index contributed by atoms with van der Waals surface area (Å²) >= 11 is 0. The van der Waals surface area contributed by atoms with Gasteiger partial charge in [0, 0.05) is 25.7 Å². The minimum absolute atomic E-state index is 0.0195. The smallest absolute Gasteiger partial charge is 0.293 e. The van der Waals surface area contributed by atoms with Gasteiger partial charge < -0.3 is 14.8 Å². The Morgan fingerprint density at radius 2 is 1.92 bits per heavy atom. The molecular formula is C18H23N5O3. The quantitative estimate of drug-likeness (QED) is 0.665. The fourth-order valence-electron chi connectivity index (χ4n) is 4.18. The van der Waals surface area contributed by atoms with Crippen LogP contribution in [0.4, 0.5) is 11.4 Å². The highest BCUT2D eigenvalue weighted by molar-refractivity contribution is 5.87. The molecule has 2 aromatic rings. The van der Waals surface area contributed by atoms with Gasteiger partial charge in [0.2, 0.25) is 0 Å². The maximum absolute atomic E-state index is 11.9. The number of nitro benzene ring substituents is 1. The van der Waals surface area contributed by atoms with Crippen molar-refractivity contribution in [3.63, 3.8) is 0 Å². The SMILES string of the molecule is O=c1[nH]cnc2cc(N3CCC(CN4CCCC4)CC3)c([N+](=O)[O-])cc12. The number of H-pyrrole nitrogens is 1. The number of benzene rings is 1. The maximum atomic E-state index is 11.9. The summed E-state index contributed by atoms with van der Waals surface area (Å²) in [5.41, 5.74) is 0.691. The molecule has 8 nitrogen and oxygen atoms in total. The highest BCUT2D eigenvalue weighted by Gasteiger charge is 2.27. The third-order valence-corrected chi connectivity index (χ3v) is 5.60. The van der Waals surface area contributed by atoms with Crippen molar-refractivity contribution in [2.75, 3.05) is 37.6 Å². The Bertz CT molecular complexity index is 867. The molecule has 0 bridgehead atoms. The van der Waals surface area contributed by atoms with Gasteiger partial charge in [0.15, 0.2) is 0 Å². The molecule has 8 heteroatoms. The summed E-state index contributed by atoms with van der Waals surface area (Å²) in [5, 5.41) is 11.8. The number of hydrogen-bond donors (Lipinski definition) is 1. The first-order valence-corrected chi connectivity index (χ1v) is 9.25. The lowest BCUT2D eigenvalue weighted by Crippen LogP contribution is -2.38. The van der Waals surface area contributed by atoms with Crippen LogP contribution in [0.5, 0.6) is 0 Å². The molecule has 1 aromatic heterocycles. The lowest BCUT2D eigenvalue weighted by atomic mass is 9.95. The van der Waals surface area contributed by atoms with Crippen molar-refractivity contribution < 1.29 is 4.92 Å². The van der Waals surface area contributed by atoms with Gasteiger partial charge in [-0.25, -0.2) is 4.98 Å². The maximum Gasteiger partial charge on any atom is 0.293 e. The van der Waals surface area contributed by atoms with Crippen molar-refractivity contribution in [1.29, 1.82) is 0 Å². The third-order valence-electron chi connectivity index (χ3n) is 5.60. The van der Waals surface area contributed by atoms with Crippen molar-refractivity contribution in [1.82, 2.24) is 14.9 Å². The second kappa shape index (κ2) is 7.03. The Morgan fingerprint density at radius 3 is 2.62 bits per heavy atom. The van der Waals surface area contributed by atoms with Crippen LogP contribution in [-0.2, 0) is 0 Å². The van der Waals surface area contributed by atoms with E-state index in [1.807, 2.05) is 0 Å². The normalized spacial score (nSPS) is 19.3. The highest BCUT2D eigenvalue weighted by atomic mass is 16.6. The molecular weight excluding hydrogens is 334 g/mol. The molecule has 0 radical (unpaired) electrons. The van der Waals surface area contributed by atoms with E-state index in [1.54, 1.807) is 6.07 Å². The number of nitrogens with one attached hydrogen (secondary N) is 1. The minimum Gasteiger partial charge on any atom is -0.366 e. The molecule has 4 rings (SSSR count). The number of aromatic amines is 1. The number of aromatic nitrogens is 2. The molecule has 3 heterocycles. The molecule has 138 valence electrons. The predicted octanol–water partition coefficient (Wildman–Crippen LogP) is 2.14. The standard InChI is InChI=1S/C18H23N5O3/c24-18-14-9-17(23(25)26)16(10-15(14)19-12-20-18)22-7-3-13(4-8-22)11-21-5-1-2-6-21/h9-10,12-13H,1-8,11H2,(H,19,20,24). The van der Waals surface area contributed by atoms with Gasteiger partial charge in [0.1, 0.15) is 5.69 Å². The molecule has 1 N–H and O–H groups in total. The summed E-state index contributed by atoms with van der Waals surface area (Å²) in [7, 11) is 0. The summed E-state index contributed by atoms with van der Waals surface area (Å²) in [6, 6.07) is 3.04. The molecule has 26 heavy (non-hydrogen) atoms. The fraction of sp³-hybridized carbons (Fsp3) is 0.556. The molecule has 0 unspecified atom stereocenters. The van der Waals surface area contributed by atoms with Gasteiger partial charge in [-0.15, -0.1) is 0 Å². The minimum atomic E-state index is -0.405. The van der Waals surface area contributed by atoms with Crippen molar-refractivity contribution in [3.05, 3.63) is 38.9 Å². The van der Waals surface area contributed by atoms with Crippen molar-refractivity contribution in [2.45, 2.75) is 25.7 Å². The Kier molecular flexibility index (Phi) is 4.58. The number of likely N-dealkylation sites (tertiary alicyclic amines) is 1. The highest BCUT2D eigenvalue weighted by Crippen LogP contribution is 2.34. The van der Waals surface area contributed by atoms with E-state index in [9.17, 15) is 14.9 Å². The first-order chi connectivity index (χ1) is 12.6. The zero-order chi connectivity index (χ0) is 18.1. The van der Waals surface area contributed by atoms with Crippen LogP contribution in [0.3, 0.4) is 0 Å². The van der Waals surface area contributed by atoms with E-state index in [4.69, 9.17) is 0 Å². The Hall–Kier alpha value is -2.48. The molecule has 0 atom stereocenters. The zero-order valence-electron chi connectivity index (χ0n) is 14.7. The lowest BCUT2D eigenvalue weighted by molar-refractivity contribution is -0.384. The Balaban J connectivity index is 1.55. The summed E-state index contributed by atoms with van der Waals surface area (Å²) in [4.78, 5) is 34.3. The second-order valence-corrected chi connectivity index (χ2v) is 7.28. The monoisotopic (exact) mass is 357 g/mol. The molecule has 1 aromatic carbocycles. The molecule has 2 saturated heterocycles. The van der Waals surface area contributed by atoms with E-state index in [2.05, 4.69) is 19.8 Å². The fourth-order valence-corrected chi connectivity index (χ4v) is 4.18. The number of piperidine rings is 1. The van der Waals surface area contributed by atoms with E-state index in [0.29, 0.717) is 17.1 Å². The van der Waals surface area contributed by atoms with E-state index < -0.39 is 4.92 Å². The first kappa shape index (κ1) is 17.0. The van der Waals surface area contributed by atoms with E-state index in [-0.39, 0.29) is 16.6 Å². The average molecular weight is 357 g/mol. The van der Waals surface area contributed by atoms with Gasteiger partial charge in [-0.2, -0.15) is 0 Å². The van der Waals surface area contributed by atoms with Crippen LogP contribution in [0.25, 0.3) is 10.9 Å². The van der Waals surface area contributed by atoms with Crippen LogP contribution in [0.15, 0.2) is 23.3 Å². The van der Waals surface area contributed by atoms with Gasteiger partial charge in [0.05, 0.1) is 22.2 Å². The summed E-state index contributed by atoms with van der Waals surface area (Å²) in [5.74, 6) is 0.657. The largest absolute Gasteiger partial charge is 0.366 e. The molecule has 0 amide bonds. The molecule has 2 fully saturated rings. The van der Waals surface area contributed by atoms with Gasteiger partial charge in [-0.1, -0.05) is 0 Å². The van der Waals surface area contributed by atoms with E-state index in [0.717, 1.165) is 32.5 Å². The number of fused-ring (bicyclic) bond motifs is 1. The topological polar surface area (TPSA) is 95.4 Å². The Labute approximate surface area is 151 Å². The first-order valence-electron chi connectivity index (χ1n) is 9.25. The Morgan fingerprint density at radius 1 is 1.19 bits per heavy atom. The number of hydrogen-bond acceptors (Lipinski definition) is 6. The van der Waals surface area contributed by atoms with Crippen molar-refractivity contribution in [2.24, 2.45) is 5.92 Å². The van der Waals surface area contributed by atoms with Gasteiger partial charge >= 0.3 is 0 Å². The number of anilines is 1. The van der Waals surface area contributed by atoms with Crippen LogP contribution in [-0.4, -0.2) is 52.5 Å². The molecule has 2 aliphatic heterocycles.